The number of carbonyl (C=O) groups is 2. The van der Waals surface area contributed by atoms with Gasteiger partial charge in [-0.2, -0.15) is 18.3 Å². The normalized spacial score (nSPS) is 14.3. The number of aromatic nitrogens is 4. The van der Waals surface area contributed by atoms with Gasteiger partial charge in [-0.15, -0.1) is 0 Å². The van der Waals surface area contributed by atoms with Gasteiger partial charge in [-0.1, -0.05) is 12.1 Å². The maximum absolute atomic E-state index is 14.0. The van der Waals surface area contributed by atoms with Crippen molar-refractivity contribution in [1.29, 1.82) is 0 Å². The Bertz CT molecular complexity index is 1880. The standard InChI is InChI=1S/C36H47F3N10O3/c1-35(2,3)52-34(51)49-14-12-26(13-15-49)41-32-40-21-25-18-23(9-11-29(25)43-32)30-20-31(45-48(30)7)44-33(50)42-27-10-8-24(28(19-27)36(37,38)39)22-47(6)17-16-46(4)5/h8-11,18-21,26H,12-17,22H2,1-7H3,(H,40,41,43)(H2,42,44,45,50). The second kappa shape index (κ2) is 15.7. The van der Waals surface area contributed by atoms with Crippen LogP contribution in [0.25, 0.3) is 22.2 Å². The number of urea groups is 1. The molecule has 2 aromatic heterocycles. The molecule has 5 rings (SSSR count). The first-order valence-corrected chi connectivity index (χ1v) is 17.1. The Morgan fingerprint density at radius 3 is 2.38 bits per heavy atom. The monoisotopic (exact) mass is 724 g/mol. The number of ether oxygens (including phenoxy) is 1. The smallest absolute Gasteiger partial charge is 0.416 e. The van der Waals surface area contributed by atoms with Crippen molar-refractivity contribution in [2.24, 2.45) is 7.05 Å². The average molecular weight is 725 g/mol. The van der Waals surface area contributed by atoms with Gasteiger partial charge >= 0.3 is 18.3 Å². The molecule has 0 aliphatic carbocycles. The van der Waals surface area contributed by atoms with Crippen LogP contribution in [-0.2, 0) is 24.5 Å². The number of aryl methyl sites for hydroxylation is 1. The molecule has 3 N–H and O–H groups in total. The number of halogens is 3. The highest BCUT2D eigenvalue weighted by atomic mass is 19.4. The lowest BCUT2D eigenvalue weighted by Gasteiger charge is -2.33. The largest absolute Gasteiger partial charge is 0.444 e. The summed E-state index contributed by atoms with van der Waals surface area (Å²) in [7, 11) is 7.31. The maximum atomic E-state index is 14.0. The molecule has 1 aliphatic heterocycles. The van der Waals surface area contributed by atoms with Crippen LogP contribution in [0.1, 0.15) is 44.7 Å². The highest BCUT2D eigenvalue weighted by Gasteiger charge is 2.34. The van der Waals surface area contributed by atoms with Crippen LogP contribution < -0.4 is 16.0 Å². The lowest BCUT2D eigenvalue weighted by Crippen LogP contribution is -2.44. The molecule has 13 nitrogen and oxygen atoms in total. The Kier molecular flexibility index (Phi) is 11.6. The fraction of sp³-hybridized carbons (Fsp3) is 0.472. The van der Waals surface area contributed by atoms with Crippen LogP contribution in [0, 0.1) is 0 Å². The van der Waals surface area contributed by atoms with Crippen molar-refractivity contribution in [2.45, 2.75) is 58.0 Å². The third-order valence-electron chi connectivity index (χ3n) is 8.52. The number of hydrogen-bond donors (Lipinski definition) is 3. The van der Waals surface area contributed by atoms with Crippen LogP contribution in [-0.4, -0.2) is 106 Å². The molecule has 1 fully saturated rings. The average Bonchev–Trinajstić information content (AvgIpc) is 3.42. The van der Waals surface area contributed by atoms with Crippen molar-refractivity contribution in [3.05, 3.63) is 59.8 Å². The molecule has 3 amide bonds. The van der Waals surface area contributed by atoms with Crippen molar-refractivity contribution >= 4 is 40.5 Å². The Morgan fingerprint density at radius 2 is 1.71 bits per heavy atom. The molecule has 2 aromatic carbocycles. The van der Waals surface area contributed by atoms with Gasteiger partial charge in [-0.05, 0) is 84.6 Å². The van der Waals surface area contributed by atoms with Crippen molar-refractivity contribution in [3.63, 3.8) is 0 Å². The molecule has 280 valence electrons. The van der Waals surface area contributed by atoms with Crippen LogP contribution in [0.3, 0.4) is 0 Å². The topological polar surface area (TPSA) is 133 Å². The summed E-state index contributed by atoms with van der Waals surface area (Å²) in [6.07, 6.45) is -1.68. The number of hydrogen-bond acceptors (Lipinski definition) is 9. The molecule has 0 bridgehead atoms. The Morgan fingerprint density at radius 1 is 0.981 bits per heavy atom. The molecule has 16 heteroatoms. The van der Waals surface area contributed by atoms with Crippen LogP contribution in [0.4, 0.5) is 40.2 Å². The van der Waals surface area contributed by atoms with E-state index in [4.69, 9.17) is 4.74 Å². The summed E-state index contributed by atoms with van der Waals surface area (Å²) >= 11 is 0. The third kappa shape index (κ3) is 10.3. The number of amides is 3. The molecule has 0 atom stereocenters. The fourth-order valence-electron chi connectivity index (χ4n) is 5.85. The van der Waals surface area contributed by atoms with Gasteiger partial charge in [0.05, 0.1) is 16.8 Å². The predicted octanol–water partition coefficient (Wildman–Crippen LogP) is 6.50. The van der Waals surface area contributed by atoms with E-state index in [1.54, 1.807) is 35.9 Å². The van der Waals surface area contributed by atoms with Gasteiger partial charge in [0, 0.05) is 74.7 Å². The van der Waals surface area contributed by atoms with Gasteiger partial charge < -0.3 is 30.1 Å². The Labute approximate surface area is 301 Å². The first kappa shape index (κ1) is 38.3. The number of piperidine rings is 1. The van der Waals surface area contributed by atoms with Crippen LogP contribution >= 0.6 is 0 Å². The second-order valence-corrected chi connectivity index (χ2v) is 14.4. The molecule has 1 aliphatic rings. The van der Waals surface area contributed by atoms with Crippen molar-refractivity contribution in [1.82, 2.24) is 34.4 Å². The summed E-state index contributed by atoms with van der Waals surface area (Å²) in [5, 5.41) is 13.7. The third-order valence-corrected chi connectivity index (χ3v) is 8.52. The van der Waals surface area contributed by atoms with Crippen molar-refractivity contribution < 1.29 is 27.5 Å². The molecule has 52 heavy (non-hydrogen) atoms. The van der Waals surface area contributed by atoms with E-state index in [1.165, 1.54) is 12.1 Å². The molecule has 1 saturated heterocycles. The van der Waals surface area contributed by atoms with Crippen LogP contribution in [0.2, 0.25) is 0 Å². The van der Waals surface area contributed by atoms with Gasteiger partial charge in [0.25, 0.3) is 0 Å². The van der Waals surface area contributed by atoms with Gasteiger partial charge in [0.1, 0.15) is 5.60 Å². The lowest BCUT2D eigenvalue weighted by molar-refractivity contribution is -0.138. The number of anilines is 3. The number of rotatable bonds is 10. The number of likely N-dealkylation sites (N-methyl/N-ethyl adjacent to an activating group) is 2. The zero-order chi connectivity index (χ0) is 37.8. The van der Waals surface area contributed by atoms with E-state index < -0.39 is 23.4 Å². The lowest BCUT2D eigenvalue weighted by atomic mass is 10.1. The summed E-state index contributed by atoms with van der Waals surface area (Å²) in [4.78, 5) is 39.9. The van der Waals surface area contributed by atoms with E-state index in [1.807, 2.05) is 62.9 Å². The van der Waals surface area contributed by atoms with Gasteiger partial charge in [-0.25, -0.2) is 19.6 Å². The van der Waals surface area contributed by atoms with Crippen LogP contribution in [0.15, 0.2) is 48.7 Å². The zero-order valence-corrected chi connectivity index (χ0v) is 30.6. The van der Waals surface area contributed by atoms with E-state index in [0.29, 0.717) is 37.8 Å². The first-order chi connectivity index (χ1) is 24.4. The van der Waals surface area contributed by atoms with E-state index in [2.05, 4.69) is 31.0 Å². The highest BCUT2D eigenvalue weighted by Crippen LogP contribution is 2.34. The predicted molar refractivity (Wildman–Crippen MR) is 195 cm³/mol. The minimum Gasteiger partial charge on any atom is -0.444 e. The van der Waals surface area contributed by atoms with E-state index in [0.717, 1.165) is 35.4 Å². The number of fused-ring (bicyclic) bond motifs is 1. The van der Waals surface area contributed by atoms with E-state index in [-0.39, 0.29) is 35.7 Å². The molecule has 0 unspecified atom stereocenters. The number of nitrogens with one attached hydrogen (secondary N) is 3. The fourth-order valence-corrected chi connectivity index (χ4v) is 5.85. The molecule has 0 spiro atoms. The Hall–Kier alpha value is -4.96. The molecular formula is C36H47F3N10O3. The number of benzene rings is 2. The summed E-state index contributed by atoms with van der Waals surface area (Å²) < 4.78 is 49.0. The SMILES string of the molecule is CN(C)CCN(C)Cc1ccc(NC(=O)Nc2cc(-c3ccc4nc(NC5CCN(C(=O)OC(C)(C)C)CC5)ncc4c3)n(C)n2)cc1C(F)(F)F. The first-order valence-electron chi connectivity index (χ1n) is 17.1. The number of nitrogens with zero attached hydrogens (tertiary/aromatic N) is 7. The van der Waals surface area contributed by atoms with Gasteiger partial charge in [0.15, 0.2) is 5.82 Å². The minimum atomic E-state index is -4.59. The van der Waals surface area contributed by atoms with E-state index >= 15 is 0 Å². The summed E-state index contributed by atoms with van der Waals surface area (Å²) in [5.41, 5.74) is 1.02. The quantitative estimate of drug-likeness (QED) is 0.168. The maximum Gasteiger partial charge on any atom is 0.416 e. The molecular weight excluding hydrogens is 677 g/mol. The van der Waals surface area contributed by atoms with Crippen LogP contribution in [0.5, 0.6) is 0 Å². The molecule has 4 aromatic rings. The van der Waals surface area contributed by atoms with Crippen molar-refractivity contribution in [3.8, 4) is 11.3 Å². The zero-order valence-electron chi connectivity index (χ0n) is 30.6. The summed E-state index contributed by atoms with van der Waals surface area (Å²) in [5.74, 6) is 0.720. The Balaban J connectivity index is 1.20. The minimum absolute atomic E-state index is 0.00956. The van der Waals surface area contributed by atoms with E-state index in [9.17, 15) is 22.8 Å². The highest BCUT2D eigenvalue weighted by molar-refractivity contribution is 5.99. The number of carbonyl (C=O) groups excluding carboxylic acids is 2. The molecule has 0 radical (unpaired) electrons. The number of alkyl halides is 3. The van der Waals surface area contributed by atoms with Gasteiger partial charge in [0.2, 0.25) is 5.95 Å². The molecule has 3 heterocycles. The van der Waals surface area contributed by atoms with Crippen molar-refractivity contribution in [2.75, 3.05) is 63.3 Å². The second-order valence-electron chi connectivity index (χ2n) is 14.4. The van der Waals surface area contributed by atoms with Gasteiger partial charge in [-0.3, -0.25) is 10.00 Å². The number of likely N-dealkylation sites (tertiary alicyclic amines) is 1. The molecule has 0 saturated carbocycles. The summed E-state index contributed by atoms with van der Waals surface area (Å²) in [6, 6.07) is 10.5. The summed E-state index contributed by atoms with van der Waals surface area (Å²) in [6.45, 7) is 8.14.